The molecular weight excluding hydrogens is 218 g/mol. The number of nitrogens with zero attached hydrogens (tertiary/aromatic N) is 3. The van der Waals surface area contributed by atoms with Gasteiger partial charge in [0, 0.05) is 12.4 Å². The van der Waals surface area contributed by atoms with E-state index in [1.54, 1.807) is 18.5 Å². The number of hydrogen-bond acceptors (Lipinski definition) is 4. The van der Waals surface area contributed by atoms with Gasteiger partial charge < -0.3 is 11.1 Å². The highest BCUT2D eigenvalue weighted by Gasteiger charge is 2.05. The van der Waals surface area contributed by atoms with E-state index < -0.39 is 0 Å². The van der Waals surface area contributed by atoms with Crippen molar-refractivity contribution in [3.8, 4) is 0 Å². The summed E-state index contributed by atoms with van der Waals surface area (Å²) in [5.74, 6) is 0.348. The highest BCUT2D eigenvalue weighted by molar-refractivity contribution is 5.89. The molecule has 17 heavy (non-hydrogen) atoms. The van der Waals surface area contributed by atoms with Crippen LogP contribution in [-0.2, 0) is 11.3 Å². The number of nitrogens with one attached hydrogen (secondary N) is 1. The largest absolute Gasteiger partial charge is 0.396 e. The number of rotatable bonds is 3. The fourth-order valence-corrected chi connectivity index (χ4v) is 1.40. The van der Waals surface area contributed by atoms with Crippen LogP contribution in [0.15, 0.2) is 30.7 Å². The second-order valence-corrected chi connectivity index (χ2v) is 3.74. The first-order valence-electron chi connectivity index (χ1n) is 5.14. The third kappa shape index (κ3) is 3.04. The molecule has 0 fully saturated rings. The van der Waals surface area contributed by atoms with Crippen molar-refractivity contribution in [1.29, 1.82) is 0 Å². The Bertz CT molecular complexity index is 534. The smallest absolute Gasteiger partial charge is 0.247 e. The third-order valence-corrected chi connectivity index (χ3v) is 2.14. The van der Waals surface area contributed by atoms with Crippen molar-refractivity contribution in [2.45, 2.75) is 13.5 Å². The second kappa shape index (κ2) is 4.65. The molecule has 0 spiro atoms. The Labute approximate surface area is 98.5 Å². The van der Waals surface area contributed by atoms with Gasteiger partial charge in [0.1, 0.15) is 12.4 Å². The highest BCUT2D eigenvalue weighted by Crippen LogP contribution is 2.05. The molecule has 6 nitrogen and oxygen atoms in total. The number of hydrogen-bond donors (Lipinski definition) is 2. The molecule has 0 saturated heterocycles. The van der Waals surface area contributed by atoms with Crippen LogP contribution < -0.4 is 11.1 Å². The van der Waals surface area contributed by atoms with E-state index in [1.807, 2.05) is 13.0 Å². The zero-order valence-corrected chi connectivity index (χ0v) is 9.42. The molecular formula is C11H13N5O. The molecule has 0 aliphatic heterocycles. The van der Waals surface area contributed by atoms with E-state index in [0.717, 1.165) is 5.56 Å². The standard InChI is InChI=1S/C11H13N5O/c1-8-2-3-13-10(4-8)15-11(17)7-16-6-9(12)5-14-16/h2-6H,7,12H2,1H3,(H,13,15,17). The maximum Gasteiger partial charge on any atom is 0.247 e. The summed E-state index contributed by atoms with van der Waals surface area (Å²) in [6.45, 7) is 2.05. The summed E-state index contributed by atoms with van der Waals surface area (Å²) >= 11 is 0. The van der Waals surface area contributed by atoms with Crippen LogP contribution in [0, 0.1) is 6.92 Å². The molecule has 1 amide bonds. The summed E-state index contributed by atoms with van der Waals surface area (Å²) in [5.41, 5.74) is 7.07. The van der Waals surface area contributed by atoms with E-state index >= 15 is 0 Å². The van der Waals surface area contributed by atoms with Crippen molar-refractivity contribution in [1.82, 2.24) is 14.8 Å². The Kier molecular flexibility index (Phi) is 3.04. The second-order valence-electron chi connectivity index (χ2n) is 3.74. The lowest BCUT2D eigenvalue weighted by Gasteiger charge is -2.04. The lowest BCUT2D eigenvalue weighted by molar-refractivity contribution is -0.116. The van der Waals surface area contributed by atoms with Crippen LogP contribution in [0.2, 0.25) is 0 Å². The van der Waals surface area contributed by atoms with E-state index in [2.05, 4.69) is 15.4 Å². The van der Waals surface area contributed by atoms with Crippen molar-refractivity contribution < 1.29 is 4.79 Å². The van der Waals surface area contributed by atoms with Crippen molar-refractivity contribution in [3.05, 3.63) is 36.3 Å². The molecule has 0 unspecified atom stereocenters. The molecule has 0 aliphatic rings. The number of nitrogen functional groups attached to an aromatic ring is 1. The van der Waals surface area contributed by atoms with Crippen LogP contribution in [-0.4, -0.2) is 20.7 Å². The average molecular weight is 231 g/mol. The van der Waals surface area contributed by atoms with E-state index in [9.17, 15) is 4.79 Å². The van der Waals surface area contributed by atoms with Gasteiger partial charge >= 0.3 is 0 Å². The number of aromatic nitrogens is 3. The van der Waals surface area contributed by atoms with Crippen molar-refractivity contribution in [2.75, 3.05) is 11.1 Å². The third-order valence-electron chi connectivity index (χ3n) is 2.14. The lowest BCUT2D eigenvalue weighted by atomic mass is 10.3. The predicted octanol–water partition coefficient (Wildman–Crippen LogP) is 0.807. The molecule has 0 bridgehead atoms. The topological polar surface area (TPSA) is 85.8 Å². The molecule has 0 radical (unpaired) electrons. The molecule has 88 valence electrons. The highest BCUT2D eigenvalue weighted by atomic mass is 16.2. The fourth-order valence-electron chi connectivity index (χ4n) is 1.40. The Morgan fingerprint density at radius 2 is 2.41 bits per heavy atom. The molecule has 2 aromatic heterocycles. The minimum atomic E-state index is -0.189. The van der Waals surface area contributed by atoms with Gasteiger partial charge in [-0.05, 0) is 24.6 Å². The van der Waals surface area contributed by atoms with Gasteiger partial charge in [0.25, 0.3) is 0 Å². The molecule has 2 heterocycles. The van der Waals surface area contributed by atoms with Gasteiger partial charge in [0.05, 0.1) is 11.9 Å². The maximum atomic E-state index is 11.6. The van der Waals surface area contributed by atoms with Crippen molar-refractivity contribution in [2.24, 2.45) is 0 Å². The normalized spacial score (nSPS) is 10.2. The lowest BCUT2D eigenvalue weighted by Crippen LogP contribution is -2.19. The summed E-state index contributed by atoms with van der Waals surface area (Å²) in [7, 11) is 0. The molecule has 3 N–H and O–H groups in total. The average Bonchev–Trinajstić information content (AvgIpc) is 2.63. The molecule has 0 atom stereocenters. The number of pyridine rings is 1. The van der Waals surface area contributed by atoms with Crippen LogP contribution in [0.1, 0.15) is 5.56 Å². The summed E-state index contributed by atoms with van der Waals surface area (Å²) in [6.07, 6.45) is 4.75. The molecule has 0 aromatic carbocycles. The SMILES string of the molecule is Cc1ccnc(NC(=O)Cn2cc(N)cn2)c1. The number of aryl methyl sites for hydroxylation is 1. The zero-order valence-electron chi connectivity index (χ0n) is 9.42. The summed E-state index contributed by atoms with van der Waals surface area (Å²) in [4.78, 5) is 15.7. The fraction of sp³-hybridized carbons (Fsp3) is 0.182. The Hall–Kier alpha value is -2.37. The number of nitrogens with two attached hydrogens (primary N) is 1. The van der Waals surface area contributed by atoms with Gasteiger partial charge in [-0.2, -0.15) is 5.10 Å². The number of carbonyl (C=O) groups excluding carboxylic acids is 1. The van der Waals surface area contributed by atoms with Gasteiger partial charge in [-0.1, -0.05) is 0 Å². The van der Waals surface area contributed by atoms with Crippen LogP contribution in [0.3, 0.4) is 0 Å². The maximum absolute atomic E-state index is 11.6. The molecule has 2 aromatic rings. The van der Waals surface area contributed by atoms with Gasteiger partial charge in [0.2, 0.25) is 5.91 Å². The van der Waals surface area contributed by atoms with E-state index in [-0.39, 0.29) is 12.5 Å². The zero-order chi connectivity index (χ0) is 12.3. The molecule has 6 heteroatoms. The van der Waals surface area contributed by atoms with Crippen LogP contribution in [0.5, 0.6) is 0 Å². The van der Waals surface area contributed by atoms with Gasteiger partial charge in [-0.25, -0.2) is 4.98 Å². The van der Waals surface area contributed by atoms with Crippen molar-refractivity contribution >= 4 is 17.4 Å². The van der Waals surface area contributed by atoms with Gasteiger partial charge in [0.15, 0.2) is 0 Å². The van der Waals surface area contributed by atoms with E-state index in [4.69, 9.17) is 5.73 Å². The van der Waals surface area contributed by atoms with Gasteiger partial charge in [-0.15, -0.1) is 0 Å². The van der Waals surface area contributed by atoms with Crippen LogP contribution in [0.25, 0.3) is 0 Å². The Morgan fingerprint density at radius 3 is 3.06 bits per heavy atom. The van der Waals surface area contributed by atoms with Crippen LogP contribution in [0.4, 0.5) is 11.5 Å². The first kappa shape index (κ1) is 11.1. The quantitative estimate of drug-likeness (QED) is 0.818. The Balaban J connectivity index is 1.98. The minimum Gasteiger partial charge on any atom is -0.396 e. The van der Waals surface area contributed by atoms with Crippen molar-refractivity contribution in [3.63, 3.8) is 0 Å². The predicted molar refractivity (Wildman–Crippen MR) is 64.2 cm³/mol. The molecule has 0 aliphatic carbocycles. The molecule has 0 saturated carbocycles. The van der Waals surface area contributed by atoms with Gasteiger partial charge in [-0.3, -0.25) is 9.48 Å². The van der Waals surface area contributed by atoms with E-state index in [0.29, 0.717) is 11.5 Å². The first-order valence-corrected chi connectivity index (χ1v) is 5.14. The minimum absolute atomic E-state index is 0.118. The summed E-state index contributed by atoms with van der Waals surface area (Å²) < 4.78 is 1.47. The van der Waals surface area contributed by atoms with Crippen LogP contribution >= 0.6 is 0 Å². The summed E-state index contributed by atoms with van der Waals surface area (Å²) in [6, 6.07) is 3.67. The monoisotopic (exact) mass is 231 g/mol. The van der Waals surface area contributed by atoms with E-state index in [1.165, 1.54) is 10.9 Å². The number of anilines is 2. The number of amides is 1. The molecule has 2 rings (SSSR count). The Morgan fingerprint density at radius 1 is 1.59 bits per heavy atom. The first-order chi connectivity index (χ1) is 8.13. The number of carbonyl (C=O) groups is 1. The summed E-state index contributed by atoms with van der Waals surface area (Å²) in [5, 5.41) is 6.61.